The molecule has 7 heteroatoms. The summed E-state index contributed by atoms with van der Waals surface area (Å²) in [6.45, 7) is 2.93. The van der Waals surface area contributed by atoms with E-state index >= 15 is 0 Å². The first-order chi connectivity index (χ1) is 14.7. The van der Waals surface area contributed by atoms with Gasteiger partial charge in [0.2, 0.25) is 0 Å². The van der Waals surface area contributed by atoms with Crippen LogP contribution in [-0.2, 0) is 13.8 Å². The summed E-state index contributed by atoms with van der Waals surface area (Å²) in [5.41, 5.74) is 5.26. The Morgan fingerprint density at radius 3 is 1.87 bits per heavy atom. The number of hydrogen-bond acceptors (Lipinski definition) is 6. The molecular weight excluding hydrogens is 401 g/mol. The van der Waals surface area contributed by atoms with Crippen LogP contribution in [0.2, 0.25) is 0 Å². The SMILES string of the molecule is CCCCCCCCCCCCCCCC/C=C\OC[C@@H](O)COP(O)OCCN. The standard InChI is InChI=1S/C23H48NO5P/c1-2-3-4-5-6-7-8-9-10-11-12-13-14-15-16-17-19-27-21-23(25)22-29-30(26)28-20-18-24/h17,19,23,25-26H,2-16,18,20-22,24H2,1H3/b19-17-/t23-,30?/m1/s1. The molecule has 0 aliphatic carbocycles. The van der Waals surface area contributed by atoms with E-state index in [1.54, 1.807) is 6.26 Å². The number of aliphatic hydroxyl groups excluding tert-OH is 1. The molecule has 0 amide bonds. The van der Waals surface area contributed by atoms with E-state index in [0.717, 1.165) is 6.42 Å². The summed E-state index contributed by atoms with van der Waals surface area (Å²) in [4.78, 5) is 9.36. The number of allylic oxidation sites excluding steroid dienone is 1. The van der Waals surface area contributed by atoms with Gasteiger partial charge in [-0.25, -0.2) is 0 Å². The van der Waals surface area contributed by atoms with E-state index in [4.69, 9.17) is 19.5 Å². The lowest BCUT2D eigenvalue weighted by Crippen LogP contribution is -2.19. The van der Waals surface area contributed by atoms with Crippen LogP contribution in [-0.4, -0.2) is 42.5 Å². The first-order valence-corrected chi connectivity index (χ1v) is 13.2. The third-order valence-corrected chi connectivity index (χ3v) is 5.68. The zero-order valence-corrected chi connectivity index (χ0v) is 20.2. The van der Waals surface area contributed by atoms with Crippen molar-refractivity contribution >= 4 is 8.60 Å². The van der Waals surface area contributed by atoms with Crippen molar-refractivity contribution < 1.29 is 23.8 Å². The molecule has 0 saturated carbocycles. The van der Waals surface area contributed by atoms with Gasteiger partial charge >= 0.3 is 8.60 Å². The Hall–Kier alpha value is -0.230. The van der Waals surface area contributed by atoms with E-state index in [-0.39, 0.29) is 19.8 Å². The van der Waals surface area contributed by atoms with Gasteiger partial charge in [-0.1, -0.05) is 90.4 Å². The molecule has 6 nitrogen and oxygen atoms in total. The van der Waals surface area contributed by atoms with E-state index in [1.165, 1.54) is 89.9 Å². The molecule has 0 rings (SSSR count). The van der Waals surface area contributed by atoms with Gasteiger partial charge in [-0.3, -0.25) is 0 Å². The molecule has 0 aromatic carbocycles. The Morgan fingerprint density at radius 2 is 1.33 bits per heavy atom. The molecule has 0 aliphatic rings. The van der Waals surface area contributed by atoms with E-state index < -0.39 is 14.7 Å². The summed E-state index contributed by atoms with van der Waals surface area (Å²) < 4.78 is 15.2. The van der Waals surface area contributed by atoms with Crippen LogP contribution < -0.4 is 5.73 Å². The number of aliphatic hydroxyl groups is 1. The van der Waals surface area contributed by atoms with Gasteiger partial charge in [0.25, 0.3) is 0 Å². The van der Waals surface area contributed by atoms with Crippen molar-refractivity contribution in [1.82, 2.24) is 0 Å². The van der Waals surface area contributed by atoms with E-state index in [9.17, 15) is 10.00 Å². The largest absolute Gasteiger partial charge is 0.499 e. The van der Waals surface area contributed by atoms with Gasteiger partial charge in [0.05, 0.1) is 19.5 Å². The second kappa shape index (κ2) is 25.0. The average Bonchev–Trinajstić information content (AvgIpc) is 2.75. The van der Waals surface area contributed by atoms with Crippen LogP contribution in [0.5, 0.6) is 0 Å². The van der Waals surface area contributed by atoms with Gasteiger partial charge in [-0.15, -0.1) is 0 Å². The molecule has 4 N–H and O–H groups in total. The van der Waals surface area contributed by atoms with E-state index in [2.05, 4.69) is 6.92 Å². The van der Waals surface area contributed by atoms with Gasteiger partial charge < -0.3 is 29.5 Å². The third-order valence-electron chi connectivity index (χ3n) is 4.90. The van der Waals surface area contributed by atoms with Crippen molar-refractivity contribution in [2.45, 2.75) is 109 Å². The van der Waals surface area contributed by atoms with Crippen molar-refractivity contribution in [3.05, 3.63) is 12.3 Å². The monoisotopic (exact) mass is 449 g/mol. The van der Waals surface area contributed by atoms with Crippen molar-refractivity contribution in [2.24, 2.45) is 5.73 Å². The first kappa shape index (κ1) is 29.8. The Bertz CT molecular complexity index is 360. The van der Waals surface area contributed by atoms with Crippen LogP contribution in [0.1, 0.15) is 103 Å². The fourth-order valence-corrected chi connectivity index (χ4v) is 3.76. The van der Waals surface area contributed by atoms with Crippen LogP contribution in [0.15, 0.2) is 12.3 Å². The van der Waals surface area contributed by atoms with Crippen LogP contribution >= 0.6 is 8.60 Å². The Labute approximate surface area is 186 Å². The summed E-state index contributed by atoms with van der Waals surface area (Å²) in [6, 6.07) is 0. The predicted octanol–water partition coefficient (Wildman–Crippen LogP) is 5.96. The van der Waals surface area contributed by atoms with Gasteiger partial charge in [-0.05, 0) is 18.9 Å². The molecule has 0 spiro atoms. The maximum absolute atomic E-state index is 9.69. The van der Waals surface area contributed by atoms with E-state index in [1.807, 2.05) is 6.08 Å². The topological polar surface area (TPSA) is 94.2 Å². The van der Waals surface area contributed by atoms with Gasteiger partial charge in [0, 0.05) is 6.54 Å². The van der Waals surface area contributed by atoms with Crippen molar-refractivity contribution in [3.8, 4) is 0 Å². The number of ether oxygens (including phenoxy) is 1. The van der Waals surface area contributed by atoms with E-state index in [0.29, 0.717) is 6.54 Å². The van der Waals surface area contributed by atoms with Gasteiger partial charge in [0.1, 0.15) is 12.7 Å². The lowest BCUT2D eigenvalue weighted by molar-refractivity contribution is 0.0395. The molecule has 0 aromatic rings. The average molecular weight is 450 g/mol. The fraction of sp³-hybridized carbons (Fsp3) is 0.913. The Balaban J connectivity index is 3.25. The summed E-state index contributed by atoms with van der Waals surface area (Å²) >= 11 is 0. The second-order valence-electron chi connectivity index (χ2n) is 7.90. The highest BCUT2D eigenvalue weighted by Crippen LogP contribution is 2.32. The molecule has 0 heterocycles. The van der Waals surface area contributed by atoms with Crippen LogP contribution in [0.4, 0.5) is 0 Å². The molecule has 1 unspecified atom stereocenters. The van der Waals surface area contributed by atoms with Gasteiger partial charge in [-0.2, -0.15) is 0 Å². The second-order valence-corrected chi connectivity index (χ2v) is 8.89. The van der Waals surface area contributed by atoms with Gasteiger partial charge in [0.15, 0.2) is 0 Å². The molecular formula is C23H48NO5P. The third kappa shape index (κ3) is 24.0. The molecule has 0 saturated heterocycles. The summed E-state index contributed by atoms with van der Waals surface area (Å²) in [5.74, 6) is 0. The molecule has 30 heavy (non-hydrogen) atoms. The summed E-state index contributed by atoms with van der Waals surface area (Å²) in [6.07, 6.45) is 23.0. The highest BCUT2D eigenvalue weighted by Gasteiger charge is 2.10. The number of rotatable bonds is 24. The lowest BCUT2D eigenvalue weighted by Gasteiger charge is -2.13. The summed E-state index contributed by atoms with van der Waals surface area (Å²) in [7, 11) is -1.97. The fourth-order valence-electron chi connectivity index (χ4n) is 3.13. The molecule has 0 bridgehead atoms. The molecule has 180 valence electrons. The van der Waals surface area contributed by atoms with Crippen LogP contribution in [0.25, 0.3) is 0 Å². The Morgan fingerprint density at radius 1 is 0.800 bits per heavy atom. The first-order valence-electron chi connectivity index (χ1n) is 12.1. The zero-order valence-electron chi connectivity index (χ0n) is 19.3. The van der Waals surface area contributed by atoms with Crippen molar-refractivity contribution in [3.63, 3.8) is 0 Å². The minimum Gasteiger partial charge on any atom is -0.499 e. The minimum atomic E-state index is -1.97. The zero-order chi connectivity index (χ0) is 22.1. The lowest BCUT2D eigenvalue weighted by atomic mass is 10.0. The highest BCUT2D eigenvalue weighted by atomic mass is 31.2. The number of nitrogens with two attached hydrogens (primary N) is 1. The van der Waals surface area contributed by atoms with Crippen molar-refractivity contribution in [1.29, 1.82) is 0 Å². The normalized spacial score (nSPS) is 13.7. The Kier molecular flexibility index (Phi) is 24.8. The molecule has 2 atom stereocenters. The van der Waals surface area contributed by atoms with Crippen LogP contribution in [0, 0.1) is 0 Å². The number of unbranched alkanes of at least 4 members (excludes halogenated alkanes) is 14. The molecule has 0 aromatic heterocycles. The van der Waals surface area contributed by atoms with Crippen molar-refractivity contribution in [2.75, 3.05) is 26.4 Å². The summed E-state index contributed by atoms with van der Waals surface area (Å²) in [5, 5.41) is 9.69. The maximum atomic E-state index is 9.69. The quantitative estimate of drug-likeness (QED) is 0.0956. The molecule has 0 radical (unpaired) electrons. The van der Waals surface area contributed by atoms with Crippen LogP contribution in [0.3, 0.4) is 0 Å². The smallest absolute Gasteiger partial charge is 0.329 e. The minimum absolute atomic E-state index is 0.0282. The number of hydrogen-bond donors (Lipinski definition) is 3. The molecule has 0 aliphatic heterocycles. The predicted molar refractivity (Wildman–Crippen MR) is 126 cm³/mol. The molecule has 0 fully saturated rings. The maximum Gasteiger partial charge on any atom is 0.329 e. The highest BCUT2D eigenvalue weighted by molar-refractivity contribution is 7.40.